The zero-order valence-electron chi connectivity index (χ0n) is 37.9. The summed E-state index contributed by atoms with van der Waals surface area (Å²) in [6.45, 7) is 19.1. The number of pyridine rings is 2. The largest absolute Gasteiger partial charge is 0.490 e. The third kappa shape index (κ3) is 9.39. The van der Waals surface area contributed by atoms with Gasteiger partial charge in [0.15, 0.2) is 0 Å². The Morgan fingerprint density at radius 3 is 2.36 bits per heavy atom. The van der Waals surface area contributed by atoms with Gasteiger partial charge in [0.2, 0.25) is 21.8 Å². The van der Waals surface area contributed by atoms with E-state index in [9.17, 15) is 22.8 Å². The Balaban J connectivity index is 1.32. The van der Waals surface area contributed by atoms with Gasteiger partial charge in [-0.15, -0.1) is 6.58 Å². The van der Waals surface area contributed by atoms with Crippen LogP contribution >= 0.6 is 11.6 Å². The van der Waals surface area contributed by atoms with Crippen molar-refractivity contribution in [2.75, 3.05) is 26.9 Å². The molecule has 64 heavy (non-hydrogen) atoms. The first-order valence-corrected chi connectivity index (χ1v) is 23.6. The molecular formula is C46H59ClN6O10S. The third-order valence-corrected chi connectivity index (χ3v) is 14.2. The van der Waals surface area contributed by atoms with Crippen molar-refractivity contribution in [3.8, 4) is 22.9 Å². The highest BCUT2D eigenvalue weighted by Crippen LogP contribution is 2.47. The van der Waals surface area contributed by atoms with Crippen molar-refractivity contribution in [3.05, 3.63) is 59.8 Å². The molecule has 2 aromatic heterocycles. The van der Waals surface area contributed by atoms with Crippen LogP contribution in [0.1, 0.15) is 92.7 Å². The third-order valence-electron chi connectivity index (χ3n) is 12.1. The maximum Gasteiger partial charge on any atom is 0.411 e. The molecule has 4 amide bonds. The average molecular weight is 924 g/mol. The molecule has 2 aliphatic heterocycles. The van der Waals surface area contributed by atoms with Crippen LogP contribution in [0.3, 0.4) is 0 Å². The number of hydrogen-bond donors (Lipinski definition) is 2. The maximum atomic E-state index is 15.1. The summed E-state index contributed by atoms with van der Waals surface area (Å²) in [5.41, 5.74) is -1.14. The number of rotatable bonds is 14. The Morgan fingerprint density at radius 1 is 1.03 bits per heavy atom. The molecule has 2 aliphatic carbocycles. The number of ether oxygens (including phenoxy) is 4. The van der Waals surface area contributed by atoms with Crippen LogP contribution in [0.25, 0.3) is 22.3 Å². The molecule has 4 aliphatic rings. The van der Waals surface area contributed by atoms with E-state index >= 15 is 4.79 Å². The fraction of sp³-hybridized carbons (Fsp3) is 0.565. The van der Waals surface area contributed by atoms with Crippen molar-refractivity contribution < 1.29 is 46.5 Å². The van der Waals surface area contributed by atoms with Gasteiger partial charge in [0.25, 0.3) is 5.91 Å². The van der Waals surface area contributed by atoms with Crippen molar-refractivity contribution in [3.63, 3.8) is 0 Å². The molecule has 0 unspecified atom stereocenters. The first-order valence-electron chi connectivity index (χ1n) is 21.7. The van der Waals surface area contributed by atoms with Crippen molar-refractivity contribution in [2.24, 2.45) is 11.3 Å². The molecule has 4 fully saturated rings. The Kier molecular flexibility index (Phi) is 12.8. The van der Waals surface area contributed by atoms with E-state index in [1.165, 1.54) is 15.9 Å². The minimum absolute atomic E-state index is 0.0652. The van der Waals surface area contributed by atoms with Gasteiger partial charge in [-0.05, 0) is 75.6 Å². The predicted octanol–water partition coefficient (Wildman–Crippen LogP) is 6.15. The van der Waals surface area contributed by atoms with Crippen molar-refractivity contribution >= 4 is 56.3 Å². The van der Waals surface area contributed by atoms with E-state index in [0.29, 0.717) is 53.2 Å². The van der Waals surface area contributed by atoms with Gasteiger partial charge in [0.1, 0.15) is 52.5 Å². The van der Waals surface area contributed by atoms with Crippen LogP contribution in [-0.4, -0.2) is 119 Å². The van der Waals surface area contributed by atoms with Crippen LogP contribution in [0.5, 0.6) is 11.5 Å². The first-order chi connectivity index (χ1) is 30.0. The molecular weight excluding hydrogens is 864 g/mol. The molecule has 1 aromatic carbocycles. The lowest BCUT2D eigenvalue weighted by molar-refractivity contribution is -0.155. The molecule has 0 bridgehead atoms. The van der Waals surface area contributed by atoms with E-state index in [4.69, 9.17) is 40.5 Å². The van der Waals surface area contributed by atoms with Crippen LogP contribution in [0, 0.1) is 11.3 Å². The normalized spacial score (nSPS) is 24.6. The summed E-state index contributed by atoms with van der Waals surface area (Å²) < 4.78 is 52.0. The van der Waals surface area contributed by atoms with E-state index < -0.39 is 85.8 Å². The van der Waals surface area contributed by atoms with E-state index in [2.05, 4.69) is 16.6 Å². The molecule has 2 N–H and O–H groups in total. The minimum Gasteiger partial charge on any atom is -0.490 e. The zero-order chi connectivity index (χ0) is 46.7. The highest BCUT2D eigenvalue weighted by atomic mass is 35.5. The van der Waals surface area contributed by atoms with Crippen LogP contribution < -0.4 is 19.5 Å². The van der Waals surface area contributed by atoms with Crippen LogP contribution in [0.4, 0.5) is 4.79 Å². The Morgan fingerprint density at radius 2 is 1.75 bits per heavy atom. The molecule has 3 aromatic rings. The van der Waals surface area contributed by atoms with Gasteiger partial charge in [-0.3, -0.25) is 29.0 Å². The SMILES string of the molecule is C=C[C@@H]1C[C@]1(NC(=O)[C@@H]1C[C@@H](Oc2cc(-c3cccc(C(C)C)n3)nc3c(Cl)c(OCCOC)ccc23)[C@H]2CN(C(=O)OC(C)(C)C)[C@H](C(C)(C)C)C(=O)N21)C(=O)NS(=O)(=O)C1CC1. The summed E-state index contributed by atoms with van der Waals surface area (Å²) in [5.74, 6) is -1.81. The van der Waals surface area contributed by atoms with Gasteiger partial charge >= 0.3 is 6.09 Å². The summed E-state index contributed by atoms with van der Waals surface area (Å²) in [4.78, 5) is 70.4. The summed E-state index contributed by atoms with van der Waals surface area (Å²) in [6, 6.07) is 7.69. The lowest BCUT2D eigenvalue weighted by atomic mass is 9.82. The highest BCUT2D eigenvalue weighted by molar-refractivity contribution is 7.91. The maximum absolute atomic E-state index is 15.1. The van der Waals surface area contributed by atoms with E-state index in [-0.39, 0.29) is 36.9 Å². The number of sulfonamides is 1. The van der Waals surface area contributed by atoms with Crippen LogP contribution in [0.15, 0.2) is 49.1 Å². The van der Waals surface area contributed by atoms with Crippen molar-refractivity contribution in [1.29, 1.82) is 0 Å². The lowest BCUT2D eigenvalue weighted by Crippen LogP contribution is -2.69. The molecule has 16 nitrogen and oxygen atoms in total. The second-order valence-corrected chi connectivity index (χ2v) is 21.9. The quantitative estimate of drug-likeness (QED) is 0.139. The summed E-state index contributed by atoms with van der Waals surface area (Å²) in [6.07, 6.45) is 0.806. The number of nitrogens with zero attached hydrogens (tertiary/aromatic N) is 4. The molecule has 6 atom stereocenters. The van der Waals surface area contributed by atoms with Crippen molar-refractivity contribution in [1.82, 2.24) is 29.8 Å². The smallest absolute Gasteiger partial charge is 0.411 e. The van der Waals surface area contributed by atoms with Gasteiger partial charge in [0.05, 0.1) is 34.8 Å². The van der Waals surface area contributed by atoms with E-state index in [1.807, 2.05) is 52.8 Å². The number of hydrogen-bond acceptors (Lipinski definition) is 12. The number of benzene rings is 1. The number of piperazine rings is 1. The van der Waals surface area contributed by atoms with E-state index in [0.717, 1.165) is 5.69 Å². The molecule has 2 saturated heterocycles. The van der Waals surface area contributed by atoms with Gasteiger partial charge < -0.3 is 29.2 Å². The summed E-state index contributed by atoms with van der Waals surface area (Å²) >= 11 is 7.04. The number of aromatic nitrogens is 2. The summed E-state index contributed by atoms with van der Waals surface area (Å²) in [5, 5.41) is 2.91. The Bertz CT molecular complexity index is 2470. The standard InChI is InChI=1S/C46H59ClN6O10S/c1-11-26-23-46(26,42(56)51-64(58,59)27-15-16-27)50-40(54)32-22-36(33-24-52(43(57)63-45(7,8)9)39(44(4,5)6)41(55)53(32)33)62-35-21-31(30-14-12-13-29(48-30)25(2)3)49-38-28(35)17-18-34(37(38)47)61-20-19-60-10/h11-14,17-18,21,25-27,32-33,36,39H,1,15-16,19-20,22-24H2,2-10H3,(H,50,54)(H,51,56)/t26-,32+,33-,36-,39+,46-/m1/s1. The van der Waals surface area contributed by atoms with Gasteiger partial charge in [-0.1, -0.05) is 58.4 Å². The topological polar surface area (TPSA) is 196 Å². The molecule has 18 heteroatoms. The van der Waals surface area contributed by atoms with Gasteiger partial charge in [-0.25, -0.2) is 18.2 Å². The second kappa shape index (κ2) is 17.4. The highest BCUT2D eigenvalue weighted by Gasteiger charge is 2.64. The number of fused-ring (bicyclic) bond motifs is 2. The second-order valence-electron chi connectivity index (χ2n) is 19.5. The monoisotopic (exact) mass is 922 g/mol. The number of carbonyl (C=O) groups is 4. The molecule has 0 spiro atoms. The molecule has 4 heterocycles. The van der Waals surface area contributed by atoms with Crippen LogP contribution in [0.2, 0.25) is 5.02 Å². The predicted molar refractivity (Wildman–Crippen MR) is 240 cm³/mol. The number of nitrogens with one attached hydrogen (secondary N) is 2. The molecule has 0 radical (unpaired) electrons. The average Bonchev–Trinajstić information content (AvgIpc) is 4.15. The fourth-order valence-electron chi connectivity index (χ4n) is 8.59. The number of halogens is 1. The van der Waals surface area contributed by atoms with Gasteiger partial charge in [-0.2, -0.15) is 0 Å². The Labute approximate surface area is 379 Å². The zero-order valence-corrected chi connectivity index (χ0v) is 39.5. The van der Waals surface area contributed by atoms with Crippen molar-refractivity contribution in [2.45, 2.75) is 128 Å². The molecule has 7 rings (SSSR count). The number of carbonyl (C=O) groups excluding carboxylic acids is 4. The summed E-state index contributed by atoms with van der Waals surface area (Å²) in [7, 11) is -2.38. The fourth-order valence-corrected chi connectivity index (χ4v) is 10.2. The molecule has 346 valence electrons. The first kappa shape index (κ1) is 47.0. The number of methoxy groups -OCH3 is 1. The van der Waals surface area contributed by atoms with Crippen LogP contribution in [-0.2, 0) is 33.9 Å². The Hall–Kier alpha value is -5.00. The van der Waals surface area contributed by atoms with E-state index in [1.54, 1.807) is 46.1 Å². The number of amides is 4. The van der Waals surface area contributed by atoms with Gasteiger partial charge in [0, 0.05) is 43.1 Å². The lowest BCUT2D eigenvalue weighted by Gasteiger charge is -2.49. The molecule has 2 saturated carbocycles. The minimum atomic E-state index is -3.95.